The van der Waals surface area contributed by atoms with E-state index >= 15 is 0 Å². The van der Waals surface area contributed by atoms with Gasteiger partial charge >= 0.3 is 0 Å². The maximum Gasteiger partial charge on any atom is 0.194 e. The number of benzene rings is 1. The summed E-state index contributed by atoms with van der Waals surface area (Å²) >= 11 is 0. The molecule has 5 heteroatoms. The van der Waals surface area contributed by atoms with E-state index in [-0.39, 0.29) is 0 Å². The zero-order chi connectivity index (χ0) is 15.2. The molecule has 1 aliphatic heterocycles. The van der Waals surface area contributed by atoms with E-state index in [0.29, 0.717) is 13.2 Å². The van der Waals surface area contributed by atoms with Gasteiger partial charge in [-0.2, -0.15) is 0 Å². The van der Waals surface area contributed by atoms with Gasteiger partial charge in [-0.1, -0.05) is 30.3 Å². The molecule has 1 aliphatic rings. The molecule has 22 heavy (non-hydrogen) atoms. The number of nitrogens with zero attached hydrogens (tertiary/aromatic N) is 3. The minimum Gasteiger partial charge on any atom is -0.487 e. The van der Waals surface area contributed by atoms with Gasteiger partial charge in [-0.15, -0.1) is 0 Å². The monoisotopic (exact) mass is 296 g/mol. The Morgan fingerprint density at radius 3 is 2.86 bits per heavy atom. The highest BCUT2D eigenvalue weighted by atomic mass is 16.5. The molecule has 3 rings (SSSR count). The van der Waals surface area contributed by atoms with E-state index in [1.165, 1.54) is 0 Å². The van der Waals surface area contributed by atoms with Crippen LogP contribution in [0.1, 0.15) is 11.1 Å². The number of nitrogens with one attached hydrogen (secondary N) is 1. The number of aliphatic imine (C=N–C) groups is 1. The lowest BCUT2D eigenvalue weighted by Gasteiger charge is -2.16. The van der Waals surface area contributed by atoms with Crippen molar-refractivity contribution in [3.8, 4) is 5.75 Å². The van der Waals surface area contributed by atoms with Crippen LogP contribution in [-0.4, -0.2) is 36.0 Å². The summed E-state index contributed by atoms with van der Waals surface area (Å²) in [7, 11) is 2.04. The van der Waals surface area contributed by atoms with Gasteiger partial charge in [0.15, 0.2) is 5.96 Å². The Labute approximate surface area is 130 Å². The molecular formula is C17H20N4O. The number of ether oxygens (including phenoxy) is 1. The average molecular weight is 296 g/mol. The normalized spacial score (nSPS) is 13.9. The Morgan fingerprint density at radius 1 is 1.23 bits per heavy atom. The third kappa shape index (κ3) is 3.55. The van der Waals surface area contributed by atoms with Crippen molar-refractivity contribution in [1.29, 1.82) is 0 Å². The fraction of sp³-hybridized carbons (Fsp3) is 0.294. The summed E-state index contributed by atoms with van der Waals surface area (Å²) in [5.41, 5.74) is 2.22. The Hall–Kier alpha value is -2.56. The predicted octanol–water partition coefficient (Wildman–Crippen LogP) is 2.05. The first-order valence-corrected chi connectivity index (χ1v) is 7.42. The number of guanidine groups is 1. The molecule has 1 aromatic heterocycles. The SMILES string of the molecule is CN1CCN=C1NCc1ccncc1OCc1ccccc1. The topological polar surface area (TPSA) is 49.8 Å². The highest BCUT2D eigenvalue weighted by Gasteiger charge is 2.12. The quantitative estimate of drug-likeness (QED) is 0.917. The molecule has 114 valence electrons. The summed E-state index contributed by atoms with van der Waals surface area (Å²) < 4.78 is 5.91. The average Bonchev–Trinajstić information content (AvgIpc) is 2.98. The van der Waals surface area contributed by atoms with Crippen molar-refractivity contribution in [2.75, 3.05) is 20.1 Å². The maximum atomic E-state index is 5.91. The van der Waals surface area contributed by atoms with Crippen LogP contribution < -0.4 is 10.1 Å². The van der Waals surface area contributed by atoms with Crippen LogP contribution in [0.3, 0.4) is 0 Å². The van der Waals surface area contributed by atoms with Gasteiger partial charge in [-0.25, -0.2) is 0 Å². The second-order valence-corrected chi connectivity index (χ2v) is 5.24. The molecule has 0 amide bonds. The first kappa shape index (κ1) is 14.4. The van der Waals surface area contributed by atoms with Gasteiger partial charge in [0.05, 0.1) is 12.7 Å². The molecule has 0 aliphatic carbocycles. The summed E-state index contributed by atoms with van der Waals surface area (Å²) in [5.74, 6) is 1.74. The van der Waals surface area contributed by atoms with Gasteiger partial charge in [0.25, 0.3) is 0 Å². The van der Waals surface area contributed by atoms with E-state index in [1.54, 1.807) is 12.4 Å². The highest BCUT2D eigenvalue weighted by molar-refractivity contribution is 5.81. The Balaban J connectivity index is 1.62. The lowest BCUT2D eigenvalue weighted by Crippen LogP contribution is -2.35. The fourth-order valence-electron chi connectivity index (χ4n) is 2.32. The Morgan fingerprint density at radius 2 is 2.09 bits per heavy atom. The van der Waals surface area contributed by atoms with E-state index < -0.39 is 0 Å². The molecule has 2 heterocycles. The van der Waals surface area contributed by atoms with Crippen LogP contribution in [-0.2, 0) is 13.2 Å². The lowest BCUT2D eigenvalue weighted by molar-refractivity contribution is 0.301. The van der Waals surface area contributed by atoms with Crippen molar-refractivity contribution < 1.29 is 4.74 Å². The summed E-state index contributed by atoms with van der Waals surface area (Å²) in [4.78, 5) is 10.7. The second kappa shape index (κ2) is 6.93. The van der Waals surface area contributed by atoms with Crippen molar-refractivity contribution in [2.45, 2.75) is 13.2 Å². The Bertz CT molecular complexity index is 642. The molecule has 0 saturated carbocycles. The van der Waals surface area contributed by atoms with Gasteiger partial charge in [0.1, 0.15) is 12.4 Å². The minimum atomic E-state index is 0.542. The van der Waals surface area contributed by atoms with Crippen molar-refractivity contribution in [3.05, 3.63) is 59.9 Å². The molecule has 1 aromatic carbocycles. The number of rotatable bonds is 5. The summed E-state index contributed by atoms with van der Waals surface area (Å²) in [6, 6.07) is 12.1. The first-order chi connectivity index (χ1) is 10.8. The molecule has 0 unspecified atom stereocenters. The van der Waals surface area contributed by atoms with Crippen LogP contribution in [0.25, 0.3) is 0 Å². The zero-order valence-corrected chi connectivity index (χ0v) is 12.7. The van der Waals surface area contributed by atoms with Gasteiger partial charge in [0.2, 0.25) is 0 Å². The van der Waals surface area contributed by atoms with Crippen molar-refractivity contribution in [3.63, 3.8) is 0 Å². The molecule has 0 spiro atoms. The fourth-order valence-corrected chi connectivity index (χ4v) is 2.32. The van der Waals surface area contributed by atoms with Gasteiger partial charge in [-0.05, 0) is 11.6 Å². The standard InChI is InChI=1S/C17H20N4O/c1-21-10-9-19-17(21)20-11-15-7-8-18-12-16(15)22-13-14-5-3-2-4-6-14/h2-8,12H,9-11,13H2,1H3,(H,19,20). The van der Waals surface area contributed by atoms with E-state index in [9.17, 15) is 0 Å². The summed E-state index contributed by atoms with van der Waals surface area (Å²) in [6.45, 7) is 3.04. The number of likely N-dealkylation sites (N-methyl/N-ethyl adjacent to an activating group) is 1. The molecule has 0 fully saturated rings. The largest absolute Gasteiger partial charge is 0.487 e. The smallest absolute Gasteiger partial charge is 0.194 e. The molecule has 0 radical (unpaired) electrons. The molecular weight excluding hydrogens is 276 g/mol. The number of aromatic nitrogens is 1. The van der Waals surface area contributed by atoms with E-state index in [4.69, 9.17) is 4.74 Å². The number of hydrogen-bond acceptors (Lipinski definition) is 5. The van der Waals surface area contributed by atoms with Gasteiger partial charge in [-0.3, -0.25) is 9.98 Å². The number of hydrogen-bond donors (Lipinski definition) is 1. The van der Waals surface area contributed by atoms with Crippen LogP contribution in [0.15, 0.2) is 53.8 Å². The van der Waals surface area contributed by atoms with Crippen LogP contribution in [0.2, 0.25) is 0 Å². The first-order valence-electron chi connectivity index (χ1n) is 7.42. The molecule has 0 atom stereocenters. The lowest BCUT2D eigenvalue weighted by atomic mass is 10.2. The van der Waals surface area contributed by atoms with Crippen molar-refractivity contribution in [2.24, 2.45) is 4.99 Å². The van der Waals surface area contributed by atoms with E-state index in [1.807, 2.05) is 31.3 Å². The van der Waals surface area contributed by atoms with Crippen LogP contribution >= 0.6 is 0 Å². The van der Waals surface area contributed by atoms with Gasteiger partial charge < -0.3 is 15.0 Å². The second-order valence-electron chi connectivity index (χ2n) is 5.24. The molecule has 2 aromatic rings. The third-order valence-electron chi connectivity index (χ3n) is 3.60. The van der Waals surface area contributed by atoms with Crippen LogP contribution in [0, 0.1) is 0 Å². The zero-order valence-electron chi connectivity index (χ0n) is 12.7. The minimum absolute atomic E-state index is 0.542. The number of pyridine rings is 1. The van der Waals surface area contributed by atoms with Crippen molar-refractivity contribution >= 4 is 5.96 Å². The maximum absolute atomic E-state index is 5.91. The van der Waals surface area contributed by atoms with Crippen LogP contribution in [0.5, 0.6) is 5.75 Å². The highest BCUT2D eigenvalue weighted by Crippen LogP contribution is 2.18. The van der Waals surface area contributed by atoms with Crippen LogP contribution in [0.4, 0.5) is 0 Å². The Kier molecular flexibility index (Phi) is 4.53. The van der Waals surface area contributed by atoms with Gasteiger partial charge in [0, 0.05) is 31.9 Å². The summed E-state index contributed by atoms with van der Waals surface area (Å²) in [6.07, 6.45) is 3.55. The molecule has 5 nitrogen and oxygen atoms in total. The molecule has 0 saturated heterocycles. The molecule has 0 bridgehead atoms. The van der Waals surface area contributed by atoms with Crippen molar-refractivity contribution in [1.82, 2.24) is 15.2 Å². The van der Waals surface area contributed by atoms with E-state index in [2.05, 4.69) is 32.3 Å². The molecule has 1 N–H and O–H groups in total. The van der Waals surface area contributed by atoms with E-state index in [0.717, 1.165) is 35.9 Å². The summed E-state index contributed by atoms with van der Waals surface area (Å²) in [5, 5.41) is 3.35. The third-order valence-corrected chi connectivity index (χ3v) is 3.60. The predicted molar refractivity (Wildman–Crippen MR) is 86.8 cm³/mol.